The first-order valence-corrected chi connectivity index (χ1v) is 6.53. The Labute approximate surface area is 107 Å². The van der Waals surface area contributed by atoms with E-state index >= 15 is 0 Å². The molecular formula is C15H18N2O. The maximum Gasteiger partial charge on any atom is 0.116 e. The Kier molecular flexibility index (Phi) is 2.71. The number of nitrogens with zero attached hydrogens (tertiary/aromatic N) is 1. The van der Waals surface area contributed by atoms with E-state index in [9.17, 15) is 5.11 Å². The SMILES string of the molecule is NCC1(c2cnc3ccc(O)cc3c2)CCCC1. The monoisotopic (exact) mass is 242 g/mol. The van der Waals surface area contributed by atoms with Crippen molar-refractivity contribution in [1.82, 2.24) is 4.98 Å². The van der Waals surface area contributed by atoms with Crippen LogP contribution in [0.3, 0.4) is 0 Å². The lowest BCUT2D eigenvalue weighted by Crippen LogP contribution is -2.32. The maximum atomic E-state index is 9.56. The summed E-state index contributed by atoms with van der Waals surface area (Å²) in [7, 11) is 0. The van der Waals surface area contributed by atoms with E-state index in [1.54, 1.807) is 12.1 Å². The molecule has 2 aromatic rings. The van der Waals surface area contributed by atoms with Crippen LogP contribution in [0, 0.1) is 0 Å². The molecule has 1 heterocycles. The molecule has 0 unspecified atom stereocenters. The van der Waals surface area contributed by atoms with Gasteiger partial charge in [-0.25, -0.2) is 0 Å². The summed E-state index contributed by atoms with van der Waals surface area (Å²) in [6.07, 6.45) is 6.74. The molecule has 1 fully saturated rings. The van der Waals surface area contributed by atoms with Gasteiger partial charge in [-0.2, -0.15) is 0 Å². The first-order chi connectivity index (χ1) is 8.73. The van der Waals surface area contributed by atoms with Crippen LogP contribution in [0.25, 0.3) is 10.9 Å². The number of nitrogens with two attached hydrogens (primary N) is 1. The first-order valence-electron chi connectivity index (χ1n) is 6.53. The second kappa shape index (κ2) is 4.25. The van der Waals surface area contributed by atoms with E-state index in [1.165, 1.54) is 18.4 Å². The van der Waals surface area contributed by atoms with Gasteiger partial charge in [0.2, 0.25) is 0 Å². The fourth-order valence-corrected chi connectivity index (χ4v) is 3.07. The third-order valence-electron chi connectivity index (χ3n) is 4.23. The van der Waals surface area contributed by atoms with E-state index in [0.717, 1.165) is 23.7 Å². The zero-order valence-electron chi connectivity index (χ0n) is 10.4. The minimum absolute atomic E-state index is 0.104. The third kappa shape index (κ3) is 1.75. The molecule has 1 aromatic carbocycles. The van der Waals surface area contributed by atoms with Crippen LogP contribution in [-0.2, 0) is 5.41 Å². The van der Waals surface area contributed by atoms with E-state index in [1.807, 2.05) is 12.3 Å². The molecule has 3 nitrogen and oxygen atoms in total. The molecule has 1 aliphatic rings. The number of hydrogen-bond acceptors (Lipinski definition) is 3. The van der Waals surface area contributed by atoms with Gasteiger partial charge in [0.05, 0.1) is 5.52 Å². The van der Waals surface area contributed by atoms with Crippen LogP contribution in [0.4, 0.5) is 0 Å². The van der Waals surface area contributed by atoms with Crippen LogP contribution in [0.2, 0.25) is 0 Å². The predicted octanol–water partition coefficient (Wildman–Crippen LogP) is 2.71. The van der Waals surface area contributed by atoms with Crippen LogP contribution >= 0.6 is 0 Å². The molecule has 3 N–H and O–H groups in total. The Morgan fingerprint density at radius 3 is 2.72 bits per heavy atom. The Morgan fingerprint density at radius 1 is 1.22 bits per heavy atom. The van der Waals surface area contributed by atoms with Gasteiger partial charge >= 0.3 is 0 Å². The fourth-order valence-electron chi connectivity index (χ4n) is 3.07. The molecule has 1 saturated carbocycles. The van der Waals surface area contributed by atoms with Gasteiger partial charge in [0.1, 0.15) is 5.75 Å². The van der Waals surface area contributed by atoms with Crippen molar-refractivity contribution in [3.05, 3.63) is 36.0 Å². The smallest absolute Gasteiger partial charge is 0.116 e. The minimum Gasteiger partial charge on any atom is -0.508 e. The molecular weight excluding hydrogens is 224 g/mol. The summed E-state index contributed by atoms with van der Waals surface area (Å²) in [5, 5.41) is 10.5. The highest BCUT2D eigenvalue weighted by Crippen LogP contribution is 2.40. The molecule has 0 atom stereocenters. The summed E-state index contributed by atoms with van der Waals surface area (Å²) in [6.45, 7) is 0.680. The Bertz CT molecular complexity index is 574. The van der Waals surface area contributed by atoms with E-state index in [-0.39, 0.29) is 11.2 Å². The number of benzene rings is 1. The molecule has 0 aliphatic heterocycles. The van der Waals surface area contributed by atoms with Gasteiger partial charge in [0, 0.05) is 23.5 Å². The molecule has 3 rings (SSSR count). The Morgan fingerprint density at radius 2 is 2.00 bits per heavy atom. The topological polar surface area (TPSA) is 59.1 Å². The van der Waals surface area contributed by atoms with E-state index in [4.69, 9.17) is 5.73 Å². The van der Waals surface area contributed by atoms with Crippen molar-refractivity contribution < 1.29 is 5.11 Å². The van der Waals surface area contributed by atoms with E-state index in [0.29, 0.717) is 6.54 Å². The molecule has 0 amide bonds. The lowest BCUT2D eigenvalue weighted by molar-refractivity contribution is 0.452. The standard InChI is InChI=1S/C15H18N2O/c16-10-15(5-1-2-6-15)12-7-11-8-13(18)3-4-14(11)17-9-12/h3-4,7-9,18H,1-2,5-6,10,16H2. The van der Waals surface area contributed by atoms with Gasteiger partial charge in [-0.1, -0.05) is 12.8 Å². The van der Waals surface area contributed by atoms with Crippen LogP contribution in [-0.4, -0.2) is 16.6 Å². The summed E-state index contributed by atoms with van der Waals surface area (Å²) in [5.41, 5.74) is 8.24. The number of pyridine rings is 1. The van der Waals surface area contributed by atoms with Crippen molar-refractivity contribution in [1.29, 1.82) is 0 Å². The second-order valence-electron chi connectivity index (χ2n) is 5.29. The third-order valence-corrected chi connectivity index (χ3v) is 4.23. The molecule has 0 saturated heterocycles. The highest BCUT2D eigenvalue weighted by Gasteiger charge is 2.34. The largest absolute Gasteiger partial charge is 0.508 e. The molecule has 1 aromatic heterocycles. The maximum absolute atomic E-state index is 9.56. The Hall–Kier alpha value is -1.61. The highest BCUT2D eigenvalue weighted by atomic mass is 16.3. The number of aromatic hydroxyl groups is 1. The molecule has 0 spiro atoms. The molecule has 3 heteroatoms. The van der Waals surface area contributed by atoms with Crippen molar-refractivity contribution >= 4 is 10.9 Å². The number of phenols is 1. The zero-order chi connectivity index (χ0) is 12.6. The van der Waals surface area contributed by atoms with Gasteiger partial charge in [0.15, 0.2) is 0 Å². The summed E-state index contributed by atoms with van der Waals surface area (Å²) in [4.78, 5) is 4.49. The van der Waals surface area contributed by atoms with Crippen molar-refractivity contribution in [2.45, 2.75) is 31.1 Å². The van der Waals surface area contributed by atoms with Crippen LogP contribution in [0.1, 0.15) is 31.2 Å². The lowest BCUT2D eigenvalue weighted by Gasteiger charge is -2.27. The van der Waals surface area contributed by atoms with Crippen LogP contribution in [0.5, 0.6) is 5.75 Å². The molecule has 0 radical (unpaired) electrons. The van der Waals surface area contributed by atoms with E-state index < -0.39 is 0 Å². The molecule has 0 bridgehead atoms. The van der Waals surface area contributed by atoms with Crippen molar-refractivity contribution in [3.8, 4) is 5.75 Å². The summed E-state index contributed by atoms with van der Waals surface area (Å²) < 4.78 is 0. The molecule has 1 aliphatic carbocycles. The Balaban J connectivity index is 2.12. The average Bonchev–Trinajstić information content (AvgIpc) is 2.88. The van der Waals surface area contributed by atoms with Gasteiger partial charge in [-0.3, -0.25) is 4.98 Å². The quantitative estimate of drug-likeness (QED) is 0.851. The zero-order valence-corrected chi connectivity index (χ0v) is 10.4. The second-order valence-corrected chi connectivity index (χ2v) is 5.29. The fraction of sp³-hybridized carbons (Fsp3) is 0.400. The van der Waals surface area contributed by atoms with Crippen molar-refractivity contribution in [2.24, 2.45) is 5.73 Å². The van der Waals surface area contributed by atoms with Crippen LogP contribution in [0.15, 0.2) is 30.5 Å². The predicted molar refractivity (Wildman–Crippen MR) is 72.6 cm³/mol. The van der Waals surface area contributed by atoms with Gasteiger partial charge in [-0.05, 0) is 42.7 Å². The number of hydrogen-bond donors (Lipinski definition) is 2. The number of aromatic nitrogens is 1. The highest BCUT2D eigenvalue weighted by molar-refractivity contribution is 5.80. The van der Waals surface area contributed by atoms with Gasteiger partial charge in [-0.15, -0.1) is 0 Å². The molecule has 18 heavy (non-hydrogen) atoms. The first kappa shape index (κ1) is 11.5. The lowest BCUT2D eigenvalue weighted by atomic mass is 9.79. The normalized spacial score (nSPS) is 18.3. The summed E-state index contributed by atoms with van der Waals surface area (Å²) in [5.74, 6) is 0.287. The van der Waals surface area contributed by atoms with Crippen molar-refractivity contribution in [3.63, 3.8) is 0 Å². The van der Waals surface area contributed by atoms with Gasteiger partial charge in [0.25, 0.3) is 0 Å². The number of rotatable bonds is 2. The average molecular weight is 242 g/mol. The van der Waals surface area contributed by atoms with E-state index in [2.05, 4.69) is 11.1 Å². The number of phenolic OH excluding ortho intramolecular Hbond substituents is 1. The van der Waals surface area contributed by atoms with Crippen LogP contribution < -0.4 is 5.73 Å². The summed E-state index contributed by atoms with van der Waals surface area (Å²) >= 11 is 0. The summed E-state index contributed by atoms with van der Waals surface area (Å²) in [6, 6.07) is 7.42. The van der Waals surface area contributed by atoms with Gasteiger partial charge < -0.3 is 10.8 Å². The van der Waals surface area contributed by atoms with Crippen molar-refractivity contribution in [2.75, 3.05) is 6.54 Å². The minimum atomic E-state index is 0.104. The number of fused-ring (bicyclic) bond motifs is 1. The molecule has 94 valence electrons.